The first kappa shape index (κ1) is 23.6. The number of allylic oxidation sites excluding steroid dienone is 4. The summed E-state index contributed by atoms with van der Waals surface area (Å²) in [6.07, 6.45) is 10.4. The average molecular weight is 461 g/mol. The molecule has 1 aliphatic rings. The molecule has 0 fully saturated rings. The van der Waals surface area contributed by atoms with Gasteiger partial charge in [-0.2, -0.15) is 0 Å². The third-order valence-electron chi connectivity index (χ3n) is 6.08. The topological polar surface area (TPSA) is 83.1 Å². The van der Waals surface area contributed by atoms with Crippen LogP contribution in [0.4, 0.5) is 0 Å². The van der Waals surface area contributed by atoms with Gasteiger partial charge in [0.05, 0.1) is 5.56 Å². The molecule has 2 heterocycles. The predicted octanol–water partition coefficient (Wildman–Crippen LogP) is 7.64. The van der Waals surface area contributed by atoms with Crippen LogP contribution >= 0.6 is 0 Å². The minimum atomic E-state index is -0.551. The lowest BCUT2D eigenvalue weighted by Gasteiger charge is -2.32. The van der Waals surface area contributed by atoms with E-state index in [1.807, 2.05) is 39.0 Å². The Morgan fingerprint density at radius 1 is 0.941 bits per heavy atom. The Morgan fingerprint density at radius 2 is 1.62 bits per heavy atom. The Morgan fingerprint density at radius 3 is 2.26 bits per heavy atom. The summed E-state index contributed by atoms with van der Waals surface area (Å²) in [6, 6.07) is 6.18. The van der Waals surface area contributed by atoms with Gasteiger partial charge in [0.15, 0.2) is 11.5 Å². The maximum atomic E-state index is 11.3. The van der Waals surface area contributed by atoms with Crippen LogP contribution in [0.25, 0.3) is 28.4 Å². The average Bonchev–Trinajstić information content (AvgIpc) is 3.18. The smallest absolute Gasteiger partial charge is 0.173 e. The number of phenolic OH excluding ortho intramolecular Hbond substituents is 3. The van der Waals surface area contributed by atoms with Gasteiger partial charge >= 0.3 is 0 Å². The van der Waals surface area contributed by atoms with Crippen molar-refractivity contribution in [2.45, 2.75) is 59.5 Å². The summed E-state index contributed by atoms with van der Waals surface area (Å²) in [7, 11) is 0. The van der Waals surface area contributed by atoms with E-state index in [-0.39, 0.29) is 17.2 Å². The Kier molecular flexibility index (Phi) is 6.22. The van der Waals surface area contributed by atoms with Crippen molar-refractivity contribution >= 4 is 17.0 Å². The van der Waals surface area contributed by atoms with Crippen LogP contribution < -0.4 is 4.74 Å². The van der Waals surface area contributed by atoms with Crippen LogP contribution in [0.2, 0.25) is 0 Å². The Bertz CT molecular complexity index is 1310. The summed E-state index contributed by atoms with van der Waals surface area (Å²) in [5, 5.41) is 32.0. The van der Waals surface area contributed by atoms with Crippen molar-refractivity contribution in [2.75, 3.05) is 0 Å². The van der Waals surface area contributed by atoms with Crippen LogP contribution in [0, 0.1) is 0 Å². The number of benzene rings is 2. The molecule has 1 atom stereocenters. The van der Waals surface area contributed by atoms with E-state index < -0.39 is 5.60 Å². The van der Waals surface area contributed by atoms with Crippen molar-refractivity contribution in [1.82, 2.24) is 0 Å². The Balaban J connectivity index is 1.87. The van der Waals surface area contributed by atoms with E-state index in [4.69, 9.17) is 9.15 Å². The van der Waals surface area contributed by atoms with Crippen LogP contribution in [0.15, 0.2) is 58.1 Å². The van der Waals surface area contributed by atoms with E-state index in [1.54, 1.807) is 0 Å². The molecule has 0 spiro atoms. The SMILES string of the molecule is CC(C)=CCC[C@]1(C)C=Cc2c(c(O)c(CC=C(C)C)c3cc(-c4cc(O)cc(O)c4)oc23)O1. The summed E-state index contributed by atoms with van der Waals surface area (Å²) >= 11 is 0. The maximum Gasteiger partial charge on any atom is 0.173 e. The van der Waals surface area contributed by atoms with E-state index in [0.717, 1.165) is 29.4 Å². The largest absolute Gasteiger partial charge is 0.508 e. The van der Waals surface area contributed by atoms with Crippen LogP contribution in [-0.2, 0) is 6.42 Å². The highest BCUT2D eigenvalue weighted by atomic mass is 16.5. The van der Waals surface area contributed by atoms with Crippen molar-refractivity contribution in [3.8, 4) is 34.3 Å². The highest BCUT2D eigenvalue weighted by molar-refractivity contribution is 5.97. The number of hydrogen-bond acceptors (Lipinski definition) is 5. The second-order valence-corrected chi connectivity index (χ2v) is 9.72. The van der Waals surface area contributed by atoms with Crippen molar-refractivity contribution in [2.24, 2.45) is 0 Å². The summed E-state index contributed by atoms with van der Waals surface area (Å²) in [4.78, 5) is 0. The van der Waals surface area contributed by atoms with E-state index >= 15 is 0 Å². The molecular weight excluding hydrogens is 428 g/mol. The molecule has 3 aromatic rings. The molecular formula is C29H32O5. The number of phenols is 3. The summed E-state index contributed by atoms with van der Waals surface area (Å²) in [5.41, 5.74) is 4.40. The molecule has 1 aliphatic heterocycles. The van der Waals surface area contributed by atoms with Crippen molar-refractivity contribution in [3.05, 3.63) is 64.8 Å². The van der Waals surface area contributed by atoms with Gasteiger partial charge in [-0.1, -0.05) is 23.3 Å². The molecule has 34 heavy (non-hydrogen) atoms. The first-order chi connectivity index (χ1) is 16.1. The van der Waals surface area contributed by atoms with Crippen LogP contribution in [0.5, 0.6) is 23.0 Å². The Hall–Kier alpha value is -3.60. The standard InChI is InChI=1S/C29H32O5/c1-17(2)7-6-11-29(5)12-10-23-27-24(22(9-8-18(3)4)26(32)28(23)34-29)16-25(33-27)19-13-20(30)15-21(31)14-19/h7-8,10,12-16,30-32H,6,9,11H2,1-5H3/t29-/m1/s1. The molecule has 0 amide bonds. The molecule has 0 saturated carbocycles. The zero-order valence-corrected chi connectivity index (χ0v) is 20.4. The third kappa shape index (κ3) is 4.69. The number of fused-ring (bicyclic) bond motifs is 3. The highest BCUT2D eigenvalue weighted by Crippen LogP contribution is 2.49. The van der Waals surface area contributed by atoms with Gasteiger partial charge < -0.3 is 24.5 Å². The predicted molar refractivity (Wildman–Crippen MR) is 137 cm³/mol. The van der Waals surface area contributed by atoms with Crippen LogP contribution in [0.3, 0.4) is 0 Å². The quantitative estimate of drug-likeness (QED) is 0.329. The van der Waals surface area contributed by atoms with Gasteiger partial charge in [0.2, 0.25) is 0 Å². The lowest BCUT2D eigenvalue weighted by Crippen LogP contribution is -2.31. The molecule has 0 radical (unpaired) electrons. The normalized spacial score (nSPS) is 16.7. The number of rotatable bonds is 6. The first-order valence-electron chi connectivity index (χ1n) is 11.6. The van der Waals surface area contributed by atoms with Gasteiger partial charge in [0.25, 0.3) is 0 Å². The fourth-order valence-corrected chi connectivity index (χ4v) is 4.27. The number of hydrogen-bond donors (Lipinski definition) is 3. The van der Waals surface area contributed by atoms with Gasteiger partial charge in [-0.05, 0) is 84.2 Å². The molecule has 3 N–H and O–H groups in total. The Labute approximate surface area is 200 Å². The van der Waals surface area contributed by atoms with E-state index in [9.17, 15) is 15.3 Å². The molecule has 5 nitrogen and oxygen atoms in total. The van der Waals surface area contributed by atoms with Crippen molar-refractivity contribution < 1.29 is 24.5 Å². The van der Waals surface area contributed by atoms with Gasteiger partial charge in [-0.25, -0.2) is 0 Å². The summed E-state index contributed by atoms with van der Waals surface area (Å²) in [5.74, 6) is 0.911. The maximum absolute atomic E-state index is 11.3. The molecule has 0 aliphatic carbocycles. The first-order valence-corrected chi connectivity index (χ1v) is 11.6. The molecule has 1 aromatic heterocycles. The number of furan rings is 1. The minimum absolute atomic E-state index is 0.0551. The zero-order valence-electron chi connectivity index (χ0n) is 20.4. The second kappa shape index (κ2) is 8.98. The fourth-order valence-electron chi connectivity index (χ4n) is 4.27. The van der Waals surface area contributed by atoms with E-state index in [1.165, 1.54) is 23.8 Å². The molecule has 2 aromatic carbocycles. The molecule has 0 bridgehead atoms. The zero-order chi connectivity index (χ0) is 24.6. The summed E-state index contributed by atoms with van der Waals surface area (Å²) in [6.45, 7) is 10.2. The van der Waals surface area contributed by atoms with Crippen LogP contribution in [0.1, 0.15) is 58.6 Å². The van der Waals surface area contributed by atoms with Gasteiger partial charge in [-0.3, -0.25) is 0 Å². The highest BCUT2D eigenvalue weighted by Gasteiger charge is 2.32. The van der Waals surface area contributed by atoms with Gasteiger partial charge in [-0.15, -0.1) is 0 Å². The summed E-state index contributed by atoms with van der Waals surface area (Å²) < 4.78 is 12.7. The lowest BCUT2D eigenvalue weighted by atomic mass is 9.92. The monoisotopic (exact) mass is 460 g/mol. The molecule has 4 rings (SSSR count). The van der Waals surface area contributed by atoms with E-state index in [2.05, 4.69) is 26.0 Å². The molecule has 0 saturated heterocycles. The van der Waals surface area contributed by atoms with Gasteiger partial charge in [0.1, 0.15) is 28.4 Å². The molecule has 178 valence electrons. The molecule has 5 heteroatoms. The third-order valence-corrected chi connectivity index (χ3v) is 6.08. The van der Waals surface area contributed by atoms with Gasteiger partial charge in [0, 0.05) is 22.6 Å². The lowest BCUT2D eigenvalue weighted by molar-refractivity contribution is 0.123. The number of ether oxygens (including phenoxy) is 1. The molecule has 0 unspecified atom stereocenters. The van der Waals surface area contributed by atoms with Crippen molar-refractivity contribution in [3.63, 3.8) is 0 Å². The van der Waals surface area contributed by atoms with Crippen molar-refractivity contribution in [1.29, 1.82) is 0 Å². The van der Waals surface area contributed by atoms with Crippen LogP contribution in [-0.4, -0.2) is 20.9 Å². The minimum Gasteiger partial charge on any atom is -0.508 e. The second-order valence-electron chi connectivity index (χ2n) is 9.72. The number of aromatic hydroxyl groups is 3. The fraction of sp³-hybridized carbons (Fsp3) is 0.310. The van der Waals surface area contributed by atoms with E-state index in [0.29, 0.717) is 34.6 Å².